The fraction of sp³-hybridized carbons (Fsp3) is 0.182. The summed E-state index contributed by atoms with van der Waals surface area (Å²) in [6.07, 6.45) is 1.93. The number of thioether (sulfide) groups is 1. The van der Waals surface area contributed by atoms with Gasteiger partial charge >= 0.3 is 0 Å². The lowest BCUT2D eigenvalue weighted by molar-refractivity contribution is 0.0997. The van der Waals surface area contributed by atoms with Gasteiger partial charge in [-0.05, 0) is 56.5 Å². The van der Waals surface area contributed by atoms with Gasteiger partial charge in [-0.25, -0.2) is 15.0 Å². The van der Waals surface area contributed by atoms with E-state index in [4.69, 9.17) is 15.5 Å². The monoisotopic (exact) mass is 419 g/mol. The van der Waals surface area contributed by atoms with Crippen molar-refractivity contribution >= 4 is 28.8 Å². The first-order valence-electron chi connectivity index (χ1n) is 9.46. The molecule has 2 heterocycles. The van der Waals surface area contributed by atoms with E-state index in [0.29, 0.717) is 28.8 Å². The number of aromatic nitrogens is 4. The number of benzene rings is 2. The second kappa shape index (κ2) is 8.16. The molecule has 0 unspecified atom stereocenters. The molecule has 2 N–H and O–H groups in total. The lowest BCUT2D eigenvalue weighted by Crippen LogP contribution is -2.15. The van der Waals surface area contributed by atoms with Crippen molar-refractivity contribution in [3.05, 3.63) is 59.8 Å². The van der Waals surface area contributed by atoms with Crippen LogP contribution in [0.25, 0.3) is 28.2 Å². The molecule has 30 heavy (non-hydrogen) atoms. The van der Waals surface area contributed by atoms with E-state index in [-0.39, 0.29) is 5.69 Å². The smallest absolute Gasteiger partial charge is 0.269 e. The molecule has 2 aromatic heterocycles. The Balaban J connectivity index is 1.96. The number of imidazole rings is 1. The third kappa shape index (κ3) is 3.61. The van der Waals surface area contributed by atoms with Crippen molar-refractivity contribution in [3.63, 3.8) is 0 Å². The van der Waals surface area contributed by atoms with Gasteiger partial charge in [-0.2, -0.15) is 0 Å². The summed E-state index contributed by atoms with van der Waals surface area (Å²) in [5, 5.41) is 0.703. The van der Waals surface area contributed by atoms with Crippen LogP contribution in [0.5, 0.6) is 5.75 Å². The van der Waals surface area contributed by atoms with E-state index in [1.807, 2.05) is 73.2 Å². The van der Waals surface area contributed by atoms with E-state index in [0.717, 1.165) is 22.6 Å². The maximum Gasteiger partial charge on any atom is 0.269 e. The van der Waals surface area contributed by atoms with Gasteiger partial charge < -0.3 is 10.5 Å². The van der Waals surface area contributed by atoms with E-state index in [1.165, 1.54) is 11.8 Å². The van der Waals surface area contributed by atoms with Crippen molar-refractivity contribution in [1.29, 1.82) is 0 Å². The quantitative estimate of drug-likeness (QED) is 0.475. The maximum absolute atomic E-state index is 12.2. The molecule has 0 saturated heterocycles. The molecule has 0 radical (unpaired) electrons. The van der Waals surface area contributed by atoms with Gasteiger partial charge in [0.2, 0.25) is 0 Å². The van der Waals surface area contributed by atoms with Crippen LogP contribution in [-0.2, 0) is 0 Å². The number of primary amides is 1. The Hall–Kier alpha value is -3.39. The number of aryl methyl sites for hydroxylation is 1. The van der Waals surface area contributed by atoms with Crippen LogP contribution in [0.15, 0.2) is 53.7 Å². The molecule has 0 bridgehead atoms. The highest BCUT2D eigenvalue weighted by Crippen LogP contribution is 2.29. The Labute approximate surface area is 178 Å². The molecule has 0 fully saturated rings. The van der Waals surface area contributed by atoms with Crippen molar-refractivity contribution < 1.29 is 9.53 Å². The summed E-state index contributed by atoms with van der Waals surface area (Å²) < 4.78 is 7.42. The molecule has 0 atom stereocenters. The summed E-state index contributed by atoms with van der Waals surface area (Å²) in [5.41, 5.74) is 9.48. The number of rotatable bonds is 6. The average Bonchev–Trinajstić information content (AvgIpc) is 3.13. The number of carbonyl (C=O) groups excluding carboxylic acids is 1. The normalized spacial score (nSPS) is 11.0. The number of ether oxygens (including phenoxy) is 1. The van der Waals surface area contributed by atoms with E-state index in [2.05, 4.69) is 9.97 Å². The largest absolute Gasteiger partial charge is 0.494 e. The van der Waals surface area contributed by atoms with E-state index in [1.54, 1.807) is 0 Å². The van der Waals surface area contributed by atoms with Crippen LogP contribution < -0.4 is 10.5 Å². The fourth-order valence-corrected chi connectivity index (χ4v) is 3.73. The molecule has 7 nitrogen and oxygen atoms in total. The zero-order chi connectivity index (χ0) is 21.3. The van der Waals surface area contributed by atoms with Crippen LogP contribution in [0.3, 0.4) is 0 Å². The summed E-state index contributed by atoms with van der Waals surface area (Å²) in [4.78, 5) is 26.0. The van der Waals surface area contributed by atoms with Gasteiger partial charge in [0.15, 0.2) is 22.3 Å². The van der Waals surface area contributed by atoms with Crippen LogP contribution in [-0.4, -0.2) is 38.3 Å². The first-order chi connectivity index (χ1) is 14.5. The van der Waals surface area contributed by atoms with Crippen LogP contribution in [0.4, 0.5) is 0 Å². The standard InChI is InChI=1S/C22H21N5O2S/c1-4-29-16-11-7-14(8-12-16)20-24-17(19(23)28)18-21(26-20)27(22(25-18)30-3)15-9-5-13(2)6-10-15/h5-12H,4H2,1-3H3,(H2,23,28). The molecule has 4 aromatic rings. The molecule has 4 rings (SSSR count). The van der Waals surface area contributed by atoms with E-state index >= 15 is 0 Å². The Bertz CT molecular complexity index is 1220. The van der Waals surface area contributed by atoms with Gasteiger partial charge in [-0.1, -0.05) is 29.5 Å². The van der Waals surface area contributed by atoms with Crippen molar-refractivity contribution in [1.82, 2.24) is 19.5 Å². The van der Waals surface area contributed by atoms with Crippen molar-refractivity contribution in [2.24, 2.45) is 5.73 Å². The molecule has 152 valence electrons. The number of nitrogens with two attached hydrogens (primary N) is 1. The van der Waals surface area contributed by atoms with Gasteiger partial charge in [0, 0.05) is 11.3 Å². The number of hydrogen-bond donors (Lipinski definition) is 1. The summed E-state index contributed by atoms with van der Waals surface area (Å²) in [7, 11) is 0. The third-order valence-electron chi connectivity index (χ3n) is 4.61. The van der Waals surface area contributed by atoms with Crippen LogP contribution in [0.2, 0.25) is 0 Å². The van der Waals surface area contributed by atoms with Crippen molar-refractivity contribution in [2.75, 3.05) is 12.9 Å². The molecular formula is C22H21N5O2S. The molecule has 0 saturated carbocycles. The summed E-state index contributed by atoms with van der Waals surface area (Å²) in [5.74, 6) is 0.517. The van der Waals surface area contributed by atoms with Crippen LogP contribution in [0, 0.1) is 6.92 Å². The zero-order valence-corrected chi connectivity index (χ0v) is 17.7. The van der Waals surface area contributed by atoms with Gasteiger partial charge in [-0.15, -0.1) is 0 Å². The minimum atomic E-state index is -0.643. The Morgan fingerprint density at radius 1 is 1.07 bits per heavy atom. The zero-order valence-electron chi connectivity index (χ0n) is 16.9. The predicted octanol–water partition coefficient (Wildman–Crippen LogP) is 4.01. The first-order valence-corrected chi connectivity index (χ1v) is 10.7. The minimum Gasteiger partial charge on any atom is -0.494 e. The number of amides is 1. The lowest BCUT2D eigenvalue weighted by atomic mass is 10.2. The molecule has 0 aliphatic carbocycles. The second-order valence-electron chi connectivity index (χ2n) is 6.66. The predicted molar refractivity (Wildman–Crippen MR) is 118 cm³/mol. The SMILES string of the molecule is CCOc1ccc(-c2nc(C(N)=O)c3nc(SC)n(-c4ccc(C)cc4)c3n2)cc1. The molecule has 0 aliphatic heterocycles. The number of fused-ring (bicyclic) bond motifs is 1. The summed E-state index contributed by atoms with van der Waals surface area (Å²) in [6.45, 7) is 4.54. The Kier molecular flexibility index (Phi) is 5.41. The van der Waals surface area contributed by atoms with Gasteiger partial charge in [0.05, 0.1) is 6.61 Å². The Morgan fingerprint density at radius 2 is 1.77 bits per heavy atom. The molecule has 8 heteroatoms. The van der Waals surface area contributed by atoms with E-state index < -0.39 is 5.91 Å². The maximum atomic E-state index is 12.2. The highest BCUT2D eigenvalue weighted by atomic mass is 32.2. The van der Waals surface area contributed by atoms with Crippen LogP contribution in [0.1, 0.15) is 23.0 Å². The third-order valence-corrected chi connectivity index (χ3v) is 5.25. The van der Waals surface area contributed by atoms with Crippen LogP contribution >= 0.6 is 11.8 Å². The second-order valence-corrected chi connectivity index (χ2v) is 7.43. The van der Waals surface area contributed by atoms with E-state index in [9.17, 15) is 4.79 Å². The molecule has 0 aliphatic rings. The fourth-order valence-electron chi connectivity index (χ4n) is 3.17. The molecular weight excluding hydrogens is 398 g/mol. The Morgan fingerprint density at radius 3 is 2.37 bits per heavy atom. The first kappa shape index (κ1) is 19.9. The number of nitrogens with zero attached hydrogens (tertiary/aromatic N) is 4. The molecule has 2 aromatic carbocycles. The highest BCUT2D eigenvalue weighted by molar-refractivity contribution is 7.98. The minimum absolute atomic E-state index is 0.102. The summed E-state index contributed by atoms with van der Waals surface area (Å²) >= 11 is 1.47. The number of hydrogen-bond acceptors (Lipinski definition) is 6. The number of carbonyl (C=O) groups is 1. The average molecular weight is 420 g/mol. The van der Waals surface area contributed by atoms with Gasteiger partial charge in [0.1, 0.15) is 11.3 Å². The molecule has 1 amide bonds. The van der Waals surface area contributed by atoms with Crippen molar-refractivity contribution in [2.45, 2.75) is 19.0 Å². The topological polar surface area (TPSA) is 95.9 Å². The lowest BCUT2D eigenvalue weighted by Gasteiger charge is -2.09. The van der Waals surface area contributed by atoms with Crippen molar-refractivity contribution in [3.8, 4) is 22.8 Å². The highest BCUT2D eigenvalue weighted by Gasteiger charge is 2.22. The molecule has 0 spiro atoms. The summed E-state index contributed by atoms with van der Waals surface area (Å²) in [6, 6.07) is 15.5. The van der Waals surface area contributed by atoms with Gasteiger partial charge in [-0.3, -0.25) is 9.36 Å². The van der Waals surface area contributed by atoms with Gasteiger partial charge in [0.25, 0.3) is 5.91 Å².